The Balaban J connectivity index is 1.60. The quantitative estimate of drug-likeness (QED) is 0.758. The van der Waals surface area contributed by atoms with E-state index in [0.717, 1.165) is 11.4 Å². The van der Waals surface area contributed by atoms with Crippen LogP contribution >= 0.6 is 11.8 Å². The van der Waals surface area contributed by atoms with Crippen molar-refractivity contribution in [3.05, 3.63) is 29.8 Å². The lowest BCUT2D eigenvalue weighted by Crippen LogP contribution is -2.42. The highest BCUT2D eigenvalue weighted by Crippen LogP contribution is 2.27. The van der Waals surface area contributed by atoms with Crippen LogP contribution in [-0.4, -0.2) is 50.3 Å². The maximum absolute atomic E-state index is 12.5. The molecule has 2 N–H and O–H groups in total. The Bertz CT molecular complexity index is 877. The summed E-state index contributed by atoms with van der Waals surface area (Å²) in [5.41, 5.74) is 7.73. The van der Waals surface area contributed by atoms with E-state index in [1.165, 1.54) is 17.3 Å². The number of amides is 2. The Morgan fingerprint density at radius 3 is 2.31 bits per heavy atom. The van der Waals surface area contributed by atoms with Crippen molar-refractivity contribution in [1.82, 2.24) is 19.7 Å². The van der Waals surface area contributed by atoms with Crippen LogP contribution in [0.2, 0.25) is 0 Å². The molecule has 0 aliphatic carbocycles. The molecule has 1 fully saturated rings. The highest BCUT2D eigenvalue weighted by Gasteiger charge is 2.26. The van der Waals surface area contributed by atoms with E-state index in [9.17, 15) is 9.59 Å². The van der Waals surface area contributed by atoms with Crippen LogP contribution in [0.3, 0.4) is 0 Å². The fourth-order valence-corrected chi connectivity index (χ4v) is 4.26. The first-order valence-electron chi connectivity index (χ1n) is 9.87. The summed E-state index contributed by atoms with van der Waals surface area (Å²) in [4.78, 5) is 25.6. The first-order valence-corrected chi connectivity index (χ1v) is 10.9. The van der Waals surface area contributed by atoms with Gasteiger partial charge in [0.2, 0.25) is 11.8 Å². The van der Waals surface area contributed by atoms with Crippen LogP contribution in [0.15, 0.2) is 29.4 Å². The van der Waals surface area contributed by atoms with Crippen LogP contribution < -0.4 is 5.73 Å². The minimum atomic E-state index is -0.270. The number of hydrogen-bond acceptors (Lipinski definition) is 5. The summed E-state index contributed by atoms with van der Waals surface area (Å²) in [7, 11) is 1.91. The van der Waals surface area contributed by atoms with Crippen molar-refractivity contribution in [1.29, 1.82) is 0 Å². The van der Waals surface area contributed by atoms with Crippen LogP contribution in [-0.2, 0) is 22.1 Å². The lowest BCUT2D eigenvalue weighted by Gasteiger charge is -2.30. The molecule has 1 saturated heterocycles. The van der Waals surface area contributed by atoms with Gasteiger partial charge in [-0.1, -0.05) is 56.8 Å². The van der Waals surface area contributed by atoms with Gasteiger partial charge < -0.3 is 15.2 Å². The maximum Gasteiger partial charge on any atom is 0.233 e. The Morgan fingerprint density at radius 1 is 1.14 bits per heavy atom. The molecule has 3 rings (SSSR count). The van der Waals surface area contributed by atoms with E-state index in [1.54, 1.807) is 4.90 Å². The van der Waals surface area contributed by atoms with Crippen molar-refractivity contribution in [2.75, 3.05) is 18.8 Å². The highest BCUT2D eigenvalue weighted by molar-refractivity contribution is 7.99. The van der Waals surface area contributed by atoms with Gasteiger partial charge in [-0.25, -0.2) is 0 Å². The normalized spacial score (nSPS) is 15.5. The number of carbonyl (C=O) groups excluding carboxylic acids is 2. The standard InChI is InChI=1S/C21H29N5O2S/c1-21(2,3)16-7-5-15(6-8-16)19-23-24-20(25(19)4)29-13-17(27)26-11-9-14(10-12-26)18(22)28/h5-8,14H,9-13H2,1-4H3,(H2,22,28). The predicted molar refractivity (Wildman–Crippen MR) is 114 cm³/mol. The summed E-state index contributed by atoms with van der Waals surface area (Å²) in [6, 6.07) is 8.37. The van der Waals surface area contributed by atoms with Gasteiger partial charge in [0.25, 0.3) is 0 Å². The third-order valence-corrected chi connectivity index (χ3v) is 6.42. The van der Waals surface area contributed by atoms with Crippen molar-refractivity contribution < 1.29 is 9.59 Å². The van der Waals surface area contributed by atoms with E-state index < -0.39 is 0 Å². The average Bonchev–Trinajstić information content (AvgIpc) is 3.06. The summed E-state index contributed by atoms with van der Waals surface area (Å²) in [5, 5.41) is 9.28. The molecular weight excluding hydrogens is 386 g/mol. The fraction of sp³-hybridized carbons (Fsp3) is 0.524. The Labute approximate surface area is 176 Å². The maximum atomic E-state index is 12.5. The monoisotopic (exact) mass is 415 g/mol. The van der Waals surface area contributed by atoms with Crippen molar-refractivity contribution >= 4 is 23.6 Å². The van der Waals surface area contributed by atoms with Gasteiger partial charge in [0.05, 0.1) is 5.75 Å². The molecule has 0 unspecified atom stereocenters. The summed E-state index contributed by atoms with van der Waals surface area (Å²) in [6.07, 6.45) is 1.29. The Hall–Kier alpha value is -2.35. The minimum absolute atomic E-state index is 0.0528. The van der Waals surface area contributed by atoms with Crippen LogP contribution in [0.4, 0.5) is 0 Å². The number of carbonyl (C=O) groups is 2. The van der Waals surface area contributed by atoms with Crippen molar-refractivity contribution in [3.8, 4) is 11.4 Å². The van der Waals surface area contributed by atoms with E-state index >= 15 is 0 Å². The Kier molecular flexibility index (Phi) is 6.31. The first-order chi connectivity index (χ1) is 13.7. The van der Waals surface area contributed by atoms with Gasteiger partial charge in [0.15, 0.2) is 11.0 Å². The summed E-state index contributed by atoms with van der Waals surface area (Å²) in [6.45, 7) is 7.72. The lowest BCUT2D eigenvalue weighted by molar-refractivity contribution is -0.132. The molecule has 0 radical (unpaired) electrons. The predicted octanol–water partition coefficient (Wildman–Crippen LogP) is 2.60. The molecule has 7 nitrogen and oxygen atoms in total. The molecule has 8 heteroatoms. The molecule has 1 aromatic carbocycles. The van der Waals surface area contributed by atoms with E-state index in [-0.39, 0.29) is 23.1 Å². The second-order valence-corrected chi connectivity index (χ2v) is 9.48. The molecule has 1 aliphatic rings. The zero-order valence-corrected chi connectivity index (χ0v) is 18.3. The Morgan fingerprint density at radius 2 is 1.76 bits per heavy atom. The molecule has 2 aromatic rings. The molecule has 2 amide bonds. The topological polar surface area (TPSA) is 94.1 Å². The van der Waals surface area contributed by atoms with E-state index in [4.69, 9.17) is 5.73 Å². The largest absolute Gasteiger partial charge is 0.369 e. The number of primary amides is 1. The third kappa shape index (κ3) is 4.98. The minimum Gasteiger partial charge on any atom is -0.369 e. The molecule has 1 aromatic heterocycles. The summed E-state index contributed by atoms with van der Waals surface area (Å²) < 4.78 is 1.92. The molecule has 1 aliphatic heterocycles. The lowest BCUT2D eigenvalue weighted by atomic mass is 9.87. The van der Waals surface area contributed by atoms with Gasteiger partial charge in [0.1, 0.15) is 0 Å². The number of aromatic nitrogens is 3. The van der Waals surface area contributed by atoms with Crippen LogP contribution in [0.1, 0.15) is 39.2 Å². The second-order valence-electron chi connectivity index (χ2n) is 8.54. The van der Waals surface area contributed by atoms with Gasteiger partial charge in [-0.15, -0.1) is 10.2 Å². The molecule has 0 saturated carbocycles. The van der Waals surface area contributed by atoms with Gasteiger partial charge in [-0.05, 0) is 23.8 Å². The zero-order valence-electron chi connectivity index (χ0n) is 17.5. The summed E-state index contributed by atoms with van der Waals surface area (Å²) in [5.74, 6) is 0.752. The van der Waals surface area contributed by atoms with Gasteiger partial charge in [-0.2, -0.15) is 0 Å². The van der Waals surface area contributed by atoms with Gasteiger partial charge >= 0.3 is 0 Å². The molecular formula is C21H29N5O2S. The van der Waals surface area contributed by atoms with Crippen LogP contribution in [0, 0.1) is 5.92 Å². The van der Waals surface area contributed by atoms with Crippen LogP contribution in [0.25, 0.3) is 11.4 Å². The smallest absolute Gasteiger partial charge is 0.233 e. The first kappa shape index (κ1) is 21.4. The average molecular weight is 416 g/mol. The molecule has 29 heavy (non-hydrogen) atoms. The second kappa shape index (κ2) is 8.57. The number of benzene rings is 1. The molecule has 0 bridgehead atoms. The molecule has 2 heterocycles. The van der Waals surface area contributed by atoms with E-state index in [0.29, 0.717) is 36.8 Å². The molecule has 156 valence electrons. The van der Waals surface area contributed by atoms with E-state index in [2.05, 4.69) is 55.2 Å². The molecule has 0 spiro atoms. The van der Waals surface area contributed by atoms with Gasteiger partial charge in [-0.3, -0.25) is 9.59 Å². The molecule has 0 atom stereocenters. The number of rotatable bonds is 5. The highest BCUT2D eigenvalue weighted by atomic mass is 32.2. The van der Waals surface area contributed by atoms with Gasteiger partial charge in [0, 0.05) is 31.6 Å². The SMILES string of the molecule is Cn1c(SCC(=O)N2CCC(C(N)=O)CC2)nnc1-c1ccc(C(C)(C)C)cc1. The fourth-order valence-electron chi connectivity index (χ4n) is 3.44. The number of piperidine rings is 1. The zero-order chi connectivity index (χ0) is 21.2. The number of hydrogen-bond donors (Lipinski definition) is 1. The number of likely N-dealkylation sites (tertiary alicyclic amines) is 1. The van der Waals surface area contributed by atoms with E-state index in [1.807, 2.05) is 11.6 Å². The number of nitrogens with two attached hydrogens (primary N) is 1. The van der Waals surface area contributed by atoms with Crippen LogP contribution in [0.5, 0.6) is 0 Å². The van der Waals surface area contributed by atoms with Crippen molar-refractivity contribution in [3.63, 3.8) is 0 Å². The van der Waals surface area contributed by atoms with Crippen molar-refractivity contribution in [2.45, 2.75) is 44.2 Å². The number of thioether (sulfide) groups is 1. The number of nitrogens with zero attached hydrogens (tertiary/aromatic N) is 4. The van der Waals surface area contributed by atoms with Crippen molar-refractivity contribution in [2.24, 2.45) is 18.7 Å². The summed E-state index contributed by atoms with van der Waals surface area (Å²) >= 11 is 1.39. The third-order valence-electron chi connectivity index (χ3n) is 5.42.